The molecule has 0 bridgehead atoms. The summed E-state index contributed by atoms with van der Waals surface area (Å²) in [5.74, 6) is 1.79. The minimum atomic E-state index is -0.177. The molecule has 0 aliphatic heterocycles. The molecule has 0 amide bonds. The summed E-state index contributed by atoms with van der Waals surface area (Å²) in [6.45, 7) is 1.98. The Balaban J connectivity index is 2.30. The Morgan fingerprint density at radius 2 is 1.76 bits per heavy atom. The van der Waals surface area contributed by atoms with Gasteiger partial charge in [0.25, 0.3) is 0 Å². The summed E-state index contributed by atoms with van der Waals surface area (Å²) in [4.78, 5) is 4.45. The van der Waals surface area contributed by atoms with Crippen LogP contribution in [-0.4, -0.2) is 26.3 Å². The monoisotopic (exact) mass is 308 g/mol. The Hall–Kier alpha value is -1.79. The first kappa shape index (κ1) is 15.6. The van der Waals surface area contributed by atoms with E-state index in [0.29, 0.717) is 23.7 Å². The second kappa shape index (κ2) is 6.78. The molecule has 2 rings (SSSR count). The van der Waals surface area contributed by atoms with Crippen LogP contribution in [0.4, 0.5) is 0 Å². The van der Waals surface area contributed by atoms with Crippen molar-refractivity contribution in [2.24, 2.45) is 5.73 Å². The molecule has 21 heavy (non-hydrogen) atoms. The molecule has 1 atom stereocenters. The van der Waals surface area contributed by atoms with Gasteiger partial charge in [-0.1, -0.05) is 0 Å². The van der Waals surface area contributed by atoms with E-state index in [2.05, 4.69) is 4.98 Å². The van der Waals surface area contributed by atoms with Gasteiger partial charge in [0.15, 0.2) is 11.5 Å². The van der Waals surface area contributed by atoms with Crippen LogP contribution in [-0.2, 0) is 6.42 Å². The summed E-state index contributed by atoms with van der Waals surface area (Å²) in [5, 5.41) is 3.05. The number of benzene rings is 1. The van der Waals surface area contributed by atoms with Gasteiger partial charge in [0.2, 0.25) is 5.75 Å². The van der Waals surface area contributed by atoms with Gasteiger partial charge in [0.1, 0.15) is 0 Å². The zero-order chi connectivity index (χ0) is 15.4. The van der Waals surface area contributed by atoms with Gasteiger partial charge in [-0.05, 0) is 24.6 Å². The molecule has 0 spiro atoms. The first-order chi connectivity index (χ1) is 10.1. The Kier molecular flexibility index (Phi) is 5.03. The number of thiazole rings is 1. The van der Waals surface area contributed by atoms with Crippen LogP contribution >= 0.6 is 11.3 Å². The van der Waals surface area contributed by atoms with Gasteiger partial charge in [-0.2, -0.15) is 0 Å². The highest BCUT2D eigenvalue weighted by molar-refractivity contribution is 7.09. The van der Waals surface area contributed by atoms with Crippen LogP contribution < -0.4 is 19.9 Å². The van der Waals surface area contributed by atoms with Gasteiger partial charge in [-0.15, -0.1) is 11.3 Å². The van der Waals surface area contributed by atoms with Gasteiger partial charge in [-0.3, -0.25) is 0 Å². The van der Waals surface area contributed by atoms with Crippen LogP contribution in [0.3, 0.4) is 0 Å². The molecule has 0 aliphatic rings. The summed E-state index contributed by atoms with van der Waals surface area (Å²) in [6.07, 6.45) is 0.678. The molecular formula is C15H20N2O3S. The fourth-order valence-corrected chi connectivity index (χ4v) is 2.95. The lowest BCUT2D eigenvalue weighted by molar-refractivity contribution is 0.323. The predicted molar refractivity (Wildman–Crippen MR) is 83.6 cm³/mol. The Morgan fingerprint density at radius 1 is 1.14 bits per heavy atom. The molecule has 5 nitrogen and oxygen atoms in total. The van der Waals surface area contributed by atoms with E-state index < -0.39 is 0 Å². The summed E-state index contributed by atoms with van der Waals surface area (Å²) in [5.41, 5.74) is 8.24. The average Bonchev–Trinajstić information content (AvgIpc) is 2.90. The second-order valence-electron chi connectivity index (χ2n) is 4.65. The number of nitrogens with two attached hydrogens (primary N) is 1. The van der Waals surface area contributed by atoms with Gasteiger partial charge < -0.3 is 19.9 Å². The Bertz CT molecular complexity index is 588. The Labute approximate surface area is 128 Å². The van der Waals surface area contributed by atoms with E-state index in [1.807, 2.05) is 24.4 Å². The molecule has 2 aromatic rings. The lowest BCUT2D eigenvalue weighted by Gasteiger charge is -2.17. The van der Waals surface area contributed by atoms with E-state index in [1.54, 1.807) is 32.7 Å². The number of ether oxygens (including phenoxy) is 3. The van der Waals surface area contributed by atoms with Crippen LogP contribution in [0.15, 0.2) is 17.5 Å². The summed E-state index contributed by atoms with van der Waals surface area (Å²) in [7, 11) is 4.77. The predicted octanol–water partition coefficient (Wildman–Crippen LogP) is 2.72. The average molecular weight is 308 g/mol. The number of nitrogens with zero attached hydrogens (tertiary/aromatic N) is 1. The fourth-order valence-electron chi connectivity index (χ4n) is 2.12. The molecule has 1 aromatic heterocycles. The molecule has 1 aromatic carbocycles. The summed E-state index contributed by atoms with van der Waals surface area (Å²) < 4.78 is 16.0. The van der Waals surface area contributed by atoms with Crippen molar-refractivity contribution >= 4 is 11.3 Å². The Morgan fingerprint density at radius 3 is 2.19 bits per heavy atom. The molecule has 114 valence electrons. The summed E-state index contributed by atoms with van der Waals surface area (Å²) >= 11 is 1.62. The molecule has 6 heteroatoms. The smallest absolute Gasteiger partial charge is 0.203 e. The lowest BCUT2D eigenvalue weighted by Crippen LogP contribution is -2.14. The van der Waals surface area contributed by atoms with Crippen molar-refractivity contribution < 1.29 is 14.2 Å². The number of hydrogen-bond donors (Lipinski definition) is 1. The van der Waals surface area contributed by atoms with E-state index in [4.69, 9.17) is 19.9 Å². The molecule has 1 heterocycles. The minimum absolute atomic E-state index is 0.177. The highest BCUT2D eigenvalue weighted by Crippen LogP contribution is 2.39. The largest absolute Gasteiger partial charge is 0.493 e. The molecule has 0 saturated heterocycles. The lowest BCUT2D eigenvalue weighted by atomic mass is 10.0. The third-order valence-electron chi connectivity index (χ3n) is 3.18. The van der Waals surface area contributed by atoms with Gasteiger partial charge in [0, 0.05) is 23.5 Å². The van der Waals surface area contributed by atoms with Crippen molar-refractivity contribution in [3.8, 4) is 17.2 Å². The highest BCUT2D eigenvalue weighted by atomic mass is 32.1. The van der Waals surface area contributed by atoms with E-state index >= 15 is 0 Å². The maximum Gasteiger partial charge on any atom is 0.203 e. The van der Waals surface area contributed by atoms with Crippen molar-refractivity contribution in [2.75, 3.05) is 21.3 Å². The first-order valence-electron chi connectivity index (χ1n) is 6.55. The molecule has 1 unspecified atom stereocenters. The zero-order valence-electron chi connectivity index (χ0n) is 12.7. The van der Waals surface area contributed by atoms with Crippen LogP contribution in [0.25, 0.3) is 0 Å². The van der Waals surface area contributed by atoms with Crippen LogP contribution in [0.5, 0.6) is 17.2 Å². The molecule has 0 radical (unpaired) electrons. The third kappa shape index (κ3) is 3.46. The normalized spacial score (nSPS) is 12.0. The van der Waals surface area contributed by atoms with Crippen LogP contribution in [0.2, 0.25) is 0 Å². The molecule has 2 N–H and O–H groups in total. The topological polar surface area (TPSA) is 66.6 Å². The number of aromatic nitrogens is 1. The van der Waals surface area contributed by atoms with Gasteiger partial charge in [-0.25, -0.2) is 4.98 Å². The molecule has 0 saturated carbocycles. The van der Waals surface area contributed by atoms with Crippen molar-refractivity contribution in [1.29, 1.82) is 0 Å². The van der Waals surface area contributed by atoms with E-state index in [-0.39, 0.29) is 6.04 Å². The first-order valence-corrected chi connectivity index (χ1v) is 7.43. The SMILES string of the molecule is COc1cc(C(N)Cc2nc(C)cs2)cc(OC)c1OC. The zero-order valence-corrected chi connectivity index (χ0v) is 13.5. The highest BCUT2D eigenvalue weighted by Gasteiger charge is 2.17. The van der Waals surface area contributed by atoms with E-state index in [0.717, 1.165) is 16.3 Å². The fraction of sp³-hybridized carbons (Fsp3) is 0.400. The summed E-state index contributed by atoms with van der Waals surface area (Å²) in [6, 6.07) is 3.59. The van der Waals surface area contributed by atoms with Crippen molar-refractivity contribution in [1.82, 2.24) is 4.98 Å². The standard InChI is InChI=1S/C15H20N2O3S/c1-9-8-21-14(17-9)7-11(16)10-5-12(18-2)15(20-4)13(6-10)19-3/h5-6,8,11H,7,16H2,1-4H3. The molecule has 0 aliphatic carbocycles. The number of aryl methyl sites for hydroxylation is 1. The molecular weight excluding hydrogens is 288 g/mol. The third-order valence-corrected chi connectivity index (χ3v) is 4.17. The number of rotatable bonds is 6. The van der Waals surface area contributed by atoms with Crippen LogP contribution in [0, 0.1) is 6.92 Å². The van der Waals surface area contributed by atoms with Crippen molar-refractivity contribution in [2.45, 2.75) is 19.4 Å². The van der Waals surface area contributed by atoms with E-state index in [1.165, 1.54) is 0 Å². The van der Waals surface area contributed by atoms with Gasteiger partial charge in [0.05, 0.1) is 26.3 Å². The number of methoxy groups -OCH3 is 3. The van der Waals surface area contributed by atoms with E-state index in [9.17, 15) is 0 Å². The van der Waals surface area contributed by atoms with Gasteiger partial charge >= 0.3 is 0 Å². The minimum Gasteiger partial charge on any atom is -0.493 e. The second-order valence-corrected chi connectivity index (χ2v) is 5.59. The van der Waals surface area contributed by atoms with Crippen molar-refractivity contribution in [3.05, 3.63) is 33.8 Å². The maximum absolute atomic E-state index is 6.29. The maximum atomic E-state index is 6.29. The quantitative estimate of drug-likeness (QED) is 0.889. The number of hydrogen-bond acceptors (Lipinski definition) is 6. The molecule has 0 fully saturated rings. The van der Waals surface area contributed by atoms with Crippen molar-refractivity contribution in [3.63, 3.8) is 0 Å². The van der Waals surface area contributed by atoms with Crippen LogP contribution in [0.1, 0.15) is 22.3 Å².